The first-order valence-corrected chi connectivity index (χ1v) is 18.8. The molecule has 0 saturated heterocycles. The molecule has 0 aliphatic carbocycles. The monoisotopic (exact) mass is 667 g/mol. The van der Waals surface area contributed by atoms with Crippen molar-refractivity contribution in [1.82, 2.24) is 5.32 Å². The van der Waals surface area contributed by atoms with Gasteiger partial charge in [-0.3, -0.25) is 18.6 Å². The molecule has 264 valence electrons. The fourth-order valence-electron chi connectivity index (χ4n) is 4.09. The Morgan fingerprint density at radius 3 is 1.83 bits per heavy atom. The number of ether oxygens (including phenoxy) is 1. The minimum absolute atomic E-state index is 0.0717. The highest BCUT2D eigenvalue weighted by Gasteiger charge is 2.23. The normalized spacial score (nSPS) is 14.3. The molecule has 3 N–H and O–H groups in total. The highest BCUT2D eigenvalue weighted by molar-refractivity contribution is 7.47. The van der Waals surface area contributed by atoms with Crippen LogP contribution in [0.5, 0.6) is 0 Å². The summed E-state index contributed by atoms with van der Waals surface area (Å²) in [6.45, 7) is 3.11. The molecule has 0 rings (SSSR count). The lowest BCUT2D eigenvalue weighted by molar-refractivity contribution is -0.147. The van der Waals surface area contributed by atoms with Gasteiger partial charge in [0, 0.05) is 19.4 Å². The summed E-state index contributed by atoms with van der Waals surface area (Å²) in [5.74, 6) is -0.571. The first-order valence-electron chi connectivity index (χ1n) is 17.3. The maximum absolute atomic E-state index is 12.0. The van der Waals surface area contributed by atoms with E-state index in [2.05, 4.69) is 73.0 Å². The molecule has 1 amide bonds. The minimum atomic E-state index is -4.39. The molecular formula is C36H62NO8P. The van der Waals surface area contributed by atoms with Crippen LogP contribution in [0, 0.1) is 0 Å². The number of carbonyl (C=O) groups excluding carboxylic acids is 2. The van der Waals surface area contributed by atoms with Gasteiger partial charge in [0.2, 0.25) is 5.91 Å². The van der Waals surface area contributed by atoms with Crippen molar-refractivity contribution in [3.63, 3.8) is 0 Å². The fraction of sp³-hybridized carbons (Fsp3) is 0.667. The number of aliphatic hydroxyl groups excluding tert-OH is 1. The van der Waals surface area contributed by atoms with Gasteiger partial charge in [0.05, 0.1) is 13.2 Å². The highest BCUT2D eigenvalue weighted by Crippen LogP contribution is 2.42. The molecule has 0 aromatic rings. The van der Waals surface area contributed by atoms with E-state index in [9.17, 15) is 24.2 Å². The molecular weight excluding hydrogens is 605 g/mol. The summed E-state index contributed by atoms with van der Waals surface area (Å²) in [6, 6.07) is 0. The van der Waals surface area contributed by atoms with Crippen molar-refractivity contribution in [2.45, 2.75) is 129 Å². The lowest BCUT2D eigenvalue weighted by atomic mass is 10.1. The number of unbranched alkanes of at least 4 members (excludes halogenated alkanes) is 8. The molecule has 2 atom stereocenters. The highest BCUT2D eigenvalue weighted by atomic mass is 31.2. The minimum Gasteiger partial charge on any atom is -0.463 e. The quantitative estimate of drug-likeness (QED) is 0.0290. The van der Waals surface area contributed by atoms with Gasteiger partial charge >= 0.3 is 13.8 Å². The van der Waals surface area contributed by atoms with Gasteiger partial charge in [0.15, 0.2) is 0 Å². The molecule has 0 aromatic heterocycles. The summed E-state index contributed by atoms with van der Waals surface area (Å²) < 4.78 is 26.3. The second-order valence-corrected chi connectivity index (χ2v) is 12.6. The van der Waals surface area contributed by atoms with Crippen molar-refractivity contribution >= 4 is 19.7 Å². The first kappa shape index (κ1) is 43.7. The molecule has 0 bridgehead atoms. The molecule has 0 radical (unpaired) electrons. The zero-order chi connectivity index (χ0) is 34.0. The Kier molecular flexibility index (Phi) is 31.0. The summed E-state index contributed by atoms with van der Waals surface area (Å²) in [6.07, 6.45) is 37.0. The smallest absolute Gasteiger partial charge is 0.463 e. The van der Waals surface area contributed by atoms with Crippen molar-refractivity contribution in [3.8, 4) is 0 Å². The van der Waals surface area contributed by atoms with Gasteiger partial charge in [0.1, 0.15) is 12.7 Å². The number of allylic oxidation sites excluding steroid dienone is 10. The van der Waals surface area contributed by atoms with E-state index in [1.807, 2.05) is 6.92 Å². The lowest BCUT2D eigenvalue weighted by Crippen LogP contribution is -2.27. The van der Waals surface area contributed by atoms with Crippen LogP contribution in [0.1, 0.15) is 123 Å². The van der Waals surface area contributed by atoms with Crippen molar-refractivity contribution in [1.29, 1.82) is 0 Å². The number of nitrogens with one attached hydrogen (secondary N) is 1. The van der Waals surface area contributed by atoms with Gasteiger partial charge in [-0.1, -0.05) is 113 Å². The Bertz CT molecular complexity index is 944. The SMILES string of the molecule is CC/C=C\C/C=C\C/C=C\C/C=C\C/C=C\CCCCCCCCCC(=O)NCCOP(=O)(O)OCC(O)COC(=O)CCCC. The van der Waals surface area contributed by atoms with Crippen LogP contribution in [-0.4, -0.2) is 54.3 Å². The number of hydrogen-bond acceptors (Lipinski definition) is 7. The summed E-state index contributed by atoms with van der Waals surface area (Å²) in [5, 5.41) is 12.4. The topological polar surface area (TPSA) is 131 Å². The summed E-state index contributed by atoms with van der Waals surface area (Å²) in [7, 11) is -4.39. The second kappa shape index (κ2) is 32.6. The number of phosphoric ester groups is 1. The number of aliphatic hydroxyl groups is 1. The van der Waals surface area contributed by atoms with Gasteiger partial charge < -0.3 is 20.1 Å². The number of carbonyl (C=O) groups is 2. The van der Waals surface area contributed by atoms with Gasteiger partial charge in [0.25, 0.3) is 0 Å². The van der Waals surface area contributed by atoms with E-state index in [4.69, 9.17) is 13.8 Å². The average molecular weight is 668 g/mol. The number of phosphoric acid groups is 1. The number of esters is 1. The molecule has 0 aliphatic rings. The number of hydrogen-bond donors (Lipinski definition) is 3. The van der Waals surface area contributed by atoms with Crippen LogP contribution in [0.4, 0.5) is 0 Å². The predicted octanol–water partition coefficient (Wildman–Crippen LogP) is 8.59. The molecule has 9 nitrogen and oxygen atoms in total. The van der Waals surface area contributed by atoms with Crippen molar-refractivity contribution in [3.05, 3.63) is 60.8 Å². The standard InChI is InChI=1S/C36H62NO8P/c1-3-5-7-8-9-10-11-12-13-14-15-16-17-18-19-20-21-22-23-24-25-26-27-28-35(39)37-30-31-44-46(41,42)45-33-34(38)32-43-36(40)29-6-4-2/h5,7,9-10,12-13,15-16,18-19,34,38H,3-4,6,8,11,14,17,20-33H2,1-2H3,(H,37,39)(H,41,42)/b7-5-,10-9-,13-12-,16-15-,19-18-. The Morgan fingerprint density at radius 1 is 0.696 bits per heavy atom. The van der Waals surface area contributed by atoms with Crippen molar-refractivity contribution < 1.29 is 37.9 Å². The van der Waals surface area contributed by atoms with Gasteiger partial charge in [-0.2, -0.15) is 0 Å². The van der Waals surface area contributed by atoms with E-state index in [0.717, 1.165) is 64.2 Å². The van der Waals surface area contributed by atoms with Crippen LogP contribution in [0.15, 0.2) is 60.8 Å². The van der Waals surface area contributed by atoms with Crippen LogP contribution < -0.4 is 5.32 Å². The maximum atomic E-state index is 12.0. The molecule has 0 aliphatic heterocycles. The van der Waals surface area contributed by atoms with Crippen molar-refractivity contribution in [2.75, 3.05) is 26.4 Å². The average Bonchev–Trinajstić information content (AvgIpc) is 3.04. The third kappa shape index (κ3) is 33.1. The number of rotatable bonds is 31. The van der Waals surface area contributed by atoms with Gasteiger partial charge in [-0.25, -0.2) is 4.57 Å². The molecule has 0 saturated carbocycles. The fourth-order valence-corrected chi connectivity index (χ4v) is 4.85. The summed E-state index contributed by atoms with van der Waals surface area (Å²) >= 11 is 0. The summed E-state index contributed by atoms with van der Waals surface area (Å²) in [4.78, 5) is 33.1. The summed E-state index contributed by atoms with van der Waals surface area (Å²) in [5.41, 5.74) is 0. The van der Waals surface area contributed by atoms with E-state index < -0.39 is 26.5 Å². The van der Waals surface area contributed by atoms with Crippen LogP contribution in [0.3, 0.4) is 0 Å². The third-order valence-corrected chi connectivity index (χ3v) is 7.70. The van der Waals surface area contributed by atoms with Crippen LogP contribution in [0.25, 0.3) is 0 Å². The molecule has 0 fully saturated rings. The largest absolute Gasteiger partial charge is 0.472 e. The zero-order valence-corrected chi connectivity index (χ0v) is 29.4. The van der Waals surface area contributed by atoms with Crippen LogP contribution in [0.2, 0.25) is 0 Å². The van der Waals surface area contributed by atoms with Crippen molar-refractivity contribution in [2.24, 2.45) is 0 Å². The Balaban J connectivity index is 3.59. The Labute approximate surface area is 278 Å². The maximum Gasteiger partial charge on any atom is 0.472 e. The zero-order valence-electron chi connectivity index (χ0n) is 28.5. The van der Waals surface area contributed by atoms with Crippen LogP contribution in [-0.2, 0) is 27.9 Å². The van der Waals surface area contributed by atoms with Gasteiger partial charge in [-0.15, -0.1) is 0 Å². The molecule has 46 heavy (non-hydrogen) atoms. The molecule has 0 spiro atoms. The molecule has 0 heterocycles. The van der Waals surface area contributed by atoms with E-state index >= 15 is 0 Å². The number of amides is 1. The van der Waals surface area contributed by atoms with E-state index in [0.29, 0.717) is 12.8 Å². The lowest BCUT2D eigenvalue weighted by Gasteiger charge is -2.15. The Hall–Kier alpha value is -2.29. The van der Waals surface area contributed by atoms with Gasteiger partial charge in [-0.05, 0) is 57.8 Å². The molecule has 0 aromatic carbocycles. The second-order valence-electron chi connectivity index (χ2n) is 11.1. The molecule has 10 heteroatoms. The predicted molar refractivity (Wildman–Crippen MR) is 187 cm³/mol. The third-order valence-electron chi connectivity index (χ3n) is 6.71. The van der Waals surface area contributed by atoms with Crippen LogP contribution >= 0.6 is 7.82 Å². The van der Waals surface area contributed by atoms with E-state index in [-0.39, 0.29) is 32.1 Å². The first-order chi connectivity index (χ1) is 22.3. The van der Waals surface area contributed by atoms with E-state index in [1.54, 1.807) is 0 Å². The molecule has 2 unspecified atom stereocenters. The van der Waals surface area contributed by atoms with E-state index in [1.165, 1.54) is 25.7 Å². The Morgan fingerprint density at radius 2 is 1.24 bits per heavy atom.